The molecule has 1 heterocycles. The molecular weight excluding hydrogens is 408 g/mol. The maximum atomic E-state index is 12.2. The quantitative estimate of drug-likeness (QED) is 0.484. The van der Waals surface area contributed by atoms with Gasteiger partial charge in [-0.05, 0) is 67.8 Å². The first-order chi connectivity index (χ1) is 14.0. The summed E-state index contributed by atoms with van der Waals surface area (Å²) in [5.74, 6) is 1.19. The number of carbonyl (C=O) groups is 1. The van der Waals surface area contributed by atoms with Crippen LogP contribution in [0.3, 0.4) is 0 Å². The molecule has 0 atom stereocenters. The number of anilines is 1. The summed E-state index contributed by atoms with van der Waals surface area (Å²) in [5, 5.41) is 5.92. The van der Waals surface area contributed by atoms with Gasteiger partial charge in [-0.3, -0.25) is 10.1 Å². The minimum atomic E-state index is -0.264. The molecule has 3 aromatic rings. The van der Waals surface area contributed by atoms with Crippen LogP contribution in [-0.4, -0.2) is 24.1 Å². The average molecular weight is 431 g/mol. The molecule has 0 aliphatic rings. The first-order valence-electron chi connectivity index (χ1n) is 9.34. The van der Waals surface area contributed by atoms with Gasteiger partial charge in [-0.1, -0.05) is 18.5 Å². The Bertz CT molecular complexity index is 963. The Kier molecular flexibility index (Phi) is 7.12. The second-order valence-electron chi connectivity index (χ2n) is 6.62. The lowest BCUT2D eigenvalue weighted by Crippen LogP contribution is -2.20. The summed E-state index contributed by atoms with van der Waals surface area (Å²) in [4.78, 5) is 16.7. The molecule has 1 amide bonds. The number of hydrogen-bond acceptors (Lipinski definition) is 5. The van der Waals surface area contributed by atoms with Crippen molar-refractivity contribution in [2.24, 2.45) is 0 Å². The van der Waals surface area contributed by atoms with Crippen LogP contribution in [0.25, 0.3) is 11.3 Å². The van der Waals surface area contributed by atoms with Crippen LogP contribution in [0.1, 0.15) is 24.5 Å². The van der Waals surface area contributed by atoms with Crippen LogP contribution in [0.5, 0.6) is 11.5 Å². The largest absolute Gasteiger partial charge is 0.494 e. The van der Waals surface area contributed by atoms with Crippen molar-refractivity contribution in [2.75, 3.05) is 18.5 Å². The summed E-state index contributed by atoms with van der Waals surface area (Å²) >= 11 is 7.53. The number of carbonyl (C=O) groups excluding carboxylic acids is 1. The molecule has 1 N–H and O–H groups in total. The topological polar surface area (TPSA) is 60.5 Å². The number of benzene rings is 2. The molecule has 0 fully saturated rings. The van der Waals surface area contributed by atoms with Crippen molar-refractivity contribution in [3.8, 4) is 22.8 Å². The van der Waals surface area contributed by atoms with Crippen LogP contribution >= 0.6 is 22.9 Å². The first kappa shape index (κ1) is 21.1. The lowest BCUT2D eigenvalue weighted by molar-refractivity contribution is -0.118. The number of halogens is 1. The fourth-order valence-corrected chi connectivity index (χ4v) is 3.54. The van der Waals surface area contributed by atoms with Crippen molar-refractivity contribution in [1.29, 1.82) is 0 Å². The van der Waals surface area contributed by atoms with E-state index in [2.05, 4.69) is 17.2 Å². The SMILES string of the molecule is CCCOc1ccc(-c2csc(NC(=O)COc3cc(C)c(Cl)c(C)c3)n2)cc1. The van der Waals surface area contributed by atoms with Gasteiger partial charge in [0, 0.05) is 16.0 Å². The van der Waals surface area contributed by atoms with Gasteiger partial charge in [0.15, 0.2) is 11.7 Å². The molecule has 0 aliphatic carbocycles. The van der Waals surface area contributed by atoms with E-state index in [0.717, 1.165) is 34.6 Å². The van der Waals surface area contributed by atoms with Crippen LogP contribution in [0.4, 0.5) is 5.13 Å². The monoisotopic (exact) mass is 430 g/mol. The molecule has 0 bridgehead atoms. The number of nitrogens with zero attached hydrogens (tertiary/aromatic N) is 1. The van der Waals surface area contributed by atoms with E-state index >= 15 is 0 Å². The van der Waals surface area contributed by atoms with Gasteiger partial charge in [-0.15, -0.1) is 11.3 Å². The molecule has 5 nitrogen and oxygen atoms in total. The Morgan fingerprint density at radius 2 is 1.79 bits per heavy atom. The zero-order valence-electron chi connectivity index (χ0n) is 16.6. The van der Waals surface area contributed by atoms with Gasteiger partial charge in [-0.25, -0.2) is 4.98 Å². The standard InChI is InChI=1S/C22H23ClN2O3S/c1-4-9-27-17-7-5-16(6-8-17)19-13-29-22(24-19)25-20(26)12-28-18-10-14(2)21(23)15(3)11-18/h5-8,10-11,13H,4,9,12H2,1-3H3,(H,24,25,26). The van der Waals surface area contributed by atoms with Gasteiger partial charge in [-0.2, -0.15) is 0 Å². The van der Waals surface area contributed by atoms with E-state index in [0.29, 0.717) is 22.5 Å². The molecule has 1 aromatic heterocycles. The van der Waals surface area contributed by atoms with Gasteiger partial charge in [0.05, 0.1) is 12.3 Å². The second-order valence-corrected chi connectivity index (χ2v) is 7.85. The maximum Gasteiger partial charge on any atom is 0.264 e. The van der Waals surface area contributed by atoms with Crippen LogP contribution in [0.15, 0.2) is 41.8 Å². The number of amides is 1. The minimum absolute atomic E-state index is 0.0983. The summed E-state index contributed by atoms with van der Waals surface area (Å²) in [7, 11) is 0. The molecule has 29 heavy (non-hydrogen) atoms. The van der Waals surface area contributed by atoms with E-state index < -0.39 is 0 Å². The molecule has 0 spiro atoms. The zero-order chi connectivity index (χ0) is 20.8. The summed E-state index contributed by atoms with van der Waals surface area (Å²) in [6, 6.07) is 11.4. The minimum Gasteiger partial charge on any atom is -0.494 e. The molecule has 7 heteroatoms. The molecule has 3 rings (SSSR count). The lowest BCUT2D eigenvalue weighted by Gasteiger charge is -2.09. The van der Waals surface area contributed by atoms with Gasteiger partial charge >= 0.3 is 0 Å². The molecule has 152 valence electrons. The van der Waals surface area contributed by atoms with E-state index in [1.807, 2.05) is 55.6 Å². The number of aryl methyl sites for hydroxylation is 2. The highest BCUT2D eigenvalue weighted by atomic mass is 35.5. The van der Waals surface area contributed by atoms with Crippen molar-refractivity contribution < 1.29 is 14.3 Å². The molecular formula is C22H23ClN2O3S. The van der Waals surface area contributed by atoms with E-state index in [-0.39, 0.29) is 12.5 Å². The maximum absolute atomic E-state index is 12.2. The third-order valence-electron chi connectivity index (χ3n) is 4.15. The number of ether oxygens (including phenoxy) is 2. The van der Waals surface area contributed by atoms with Crippen molar-refractivity contribution in [3.63, 3.8) is 0 Å². The third kappa shape index (κ3) is 5.71. The normalized spacial score (nSPS) is 10.6. The molecule has 0 saturated carbocycles. The Morgan fingerprint density at radius 1 is 1.10 bits per heavy atom. The molecule has 0 unspecified atom stereocenters. The first-order valence-corrected chi connectivity index (χ1v) is 10.6. The Hall–Kier alpha value is -2.57. The molecule has 0 saturated heterocycles. The van der Waals surface area contributed by atoms with Crippen molar-refractivity contribution in [3.05, 3.63) is 57.9 Å². The van der Waals surface area contributed by atoms with Crippen molar-refractivity contribution >= 4 is 34.0 Å². The predicted octanol–water partition coefficient (Wildman–Crippen LogP) is 5.89. The average Bonchev–Trinajstić information content (AvgIpc) is 3.17. The number of aromatic nitrogens is 1. The molecule has 0 radical (unpaired) electrons. The van der Waals surface area contributed by atoms with Crippen LogP contribution in [0, 0.1) is 13.8 Å². The molecule has 2 aromatic carbocycles. The van der Waals surface area contributed by atoms with Gasteiger partial charge in [0.2, 0.25) is 0 Å². The van der Waals surface area contributed by atoms with Crippen molar-refractivity contribution in [1.82, 2.24) is 4.98 Å². The number of nitrogens with one attached hydrogen (secondary N) is 1. The third-order valence-corrected chi connectivity index (χ3v) is 5.51. The lowest BCUT2D eigenvalue weighted by atomic mass is 10.1. The molecule has 0 aliphatic heterocycles. The zero-order valence-corrected chi connectivity index (χ0v) is 18.2. The summed E-state index contributed by atoms with van der Waals surface area (Å²) in [5.41, 5.74) is 3.60. The van der Waals surface area contributed by atoms with Crippen molar-refractivity contribution in [2.45, 2.75) is 27.2 Å². The number of thiazole rings is 1. The summed E-state index contributed by atoms with van der Waals surface area (Å²) in [6.45, 7) is 6.48. The van der Waals surface area contributed by atoms with Gasteiger partial charge < -0.3 is 9.47 Å². The van der Waals surface area contributed by atoms with Crippen LogP contribution in [-0.2, 0) is 4.79 Å². The Labute approximate surface area is 179 Å². The smallest absolute Gasteiger partial charge is 0.264 e. The van der Waals surface area contributed by atoms with E-state index in [9.17, 15) is 4.79 Å². The summed E-state index contributed by atoms with van der Waals surface area (Å²) < 4.78 is 11.2. The highest BCUT2D eigenvalue weighted by Crippen LogP contribution is 2.27. The Balaban J connectivity index is 1.56. The number of rotatable bonds is 8. The predicted molar refractivity (Wildman–Crippen MR) is 118 cm³/mol. The van der Waals surface area contributed by atoms with E-state index in [1.165, 1.54) is 11.3 Å². The number of hydrogen-bond donors (Lipinski definition) is 1. The van der Waals surface area contributed by atoms with Gasteiger partial charge in [0.25, 0.3) is 5.91 Å². The van der Waals surface area contributed by atoms with Crippen LogP contribution < -0.4 is 14.8 Å². The highest BCUT2D eigenvalue weighted by Gasteiger charge is 2.10. The van der Waals surface area contributed by atoms with Gasteiger partial charge in [0.1, 0.15) is 11.5 Å². The highest BCUT2D eigenvalue weighted by molar-refractivity contribution is 7.14. The Morgan fingerprint density at radius 3 is 2.45 bits per heavy atom. The van der Waals surface area contributed by atoms with E-state index in [1.54, 1.807) is 0 Å². The van der Waals surface area contributed by atoms with Crippen LogP contribution in [0.2, 0.25) is 5.02 Å². The van der Waals surface area contributed by atoms with E-state index in [4.69, 9.17) is 21.1 Å². The fourth-order valence-electron chi connectivity index (χ4n) is 2.70. The fraction of sp³-hybridized carbons (Fsp3) is 0.273. The summed E-state index contributed by atoms with van der Waals surface area (Å²) in [6.07, 6.45) is 0.970. The second kappa shape index (κ2) is 9.76.